The van der Waals surface area contributed by atoms with Crippen molar-refractivity contribution in [2.45, 2.75) is 20.3 Å². The molecule has 1 amide bonds. The van der Waals surface area contributed by atoms with E-state index in [1.54, 1.807) is 7.11 Å². The summed E-state index contributed by atoms with van der Waals surface area (Å²) in [5.74, 6) is 1.24. The summed E-state index contributed by atoms with van der Waals surface area (Å²) in [6.07, 6.45) is 0.803. The number of carbonyl (C=O) groups excluding carboxylic acids is 1. The molecule has 1 saturated heterocycles. The molecule has 1 fully saturated rings. The van der Waals surface area contributed by atoms with Crippen molar-refractivity contribution in [3.8, 4) is 5.75 Å². The number of carbonyl (C=O) groups is 1. The summed E-state index contributed by atoms with van der Waals surface area (Å²) < 4.78 is 5.45. The second kappa shape index (κ2) is 6.06. The summed E-state index contributed by atoms with van der Waals surface area (Å²) in [5.41, 5.74) is 3.53. The van der Waals surface area contributed by atoms with Gasteiger partial charge in [-0.3, -0.25) is 4.79 Å². The predicted molar refractivity (Wildman–Crippen MR) is 75.5 cm³/mol. The minimum Gasteiger partial charge on any atom is -0.496 e. The maximum atomic E-state index is 11.7. The van der Waals surface area contributed by atoms with Crippen LogP contribution >= 0.6 is 0 Å². The Labute approximate surface area is 114 Å². The number of ether oxygens (including phenoxy) is 1. The van der Waals surface area contributed by atoms with E-state index < -0.39 is 0 Å². The van der Waals surface area contributed by atoms with Gasteiger partial charge < -0.3 is 15.4 Å². The Morgan fingerprint density at radius 3 is 2.74 bits per heavy atom. The molecule has 0 aromatic heterocycles. The SMILES string of the molecule is COc1c(C)cc(C)cc1CCNC(=O)C1CNC1. The largest absolute Gasteiger partial charge is 0.496 e. The van der Waals surface area contributed by atoms with Crippen molar-refractivity contribution >= 4 is 5.91 Å². The summed E-state index contributed by atoms with van der Waals surface area (Å²) in [6.45, 7) is 6.40. The van der Waals surface area contributed by atoms with Crippen LogP contribution in [0.5, 0.6) is 5.75 Å². The molecule has 19 heavy (non-hydrogen) atoms. The predicted octanol–water partition coefficient (Wildman–Crippen LogP) is 1.19. The fourth-order valence-corrected chi connectivity index (χ4v) is 2.46. The molecular weight excluding hydrogens is 240 g/mol. The van der Waals surface area contributed by atoms with Crippen LogP contribution in [0.25, 0.3) is 0 Å². The highest BCUT2D eigenvalue weighted by atomic mass is 16.5. The summed E-state index contributed by atoms with van der Waals surface area (Å²) in [7, 11) is 1.69. The molecule has 0 aliphatic carbocycles. The lowest BCUT2D eigenvalue weighted by Crippen LogP contribution is -2.51. The second-order valence-electron chi connectivity index (χ2n) is 5.17. The minimum absolute atomic E-state index is 0.154. The van der Waals surface area contributed by atoms with Gasteiger partial charge in [0.15, 0.2) is 0 Å². The first kappa shape index (κ1) is 13.9. The Kier molecular flexibility index (Phi) is 4.43. The molecule has 1 aromatic rings. The zero-order chi connectivity index (χ0) is 13.8. The summed E-state index contributed by atoms with van der Waals surface area (Å²) in [4.78, 5) is 11.7. The van der Waals surface area contributed by atoms with Gasteiger partial charge in [-0.2, -0.15) is 0 Å². The third-order valence-corrected chi connectivity index (χ3v) is 3.55. The van der Waals surface area contributed by atoms with Crippen LogP contribution in [0.4, 0.5) is 0 Å². The highest BCUT2D eigenvalue weighted by Crippen LogP contribution is 2.25. The molecule has 1 aliphatic heterocycles. The molecule has 0 spiro atoms. The normalized spacial score (nSPS) is 14.9. The lowest BCUT2D eigenvalue weighted by atomic mass is 10.0. The Bertz CT molecular complexity index is 467. The highest BCUT2D eigenvalue weighted by molar-refractivity contribution is 5.80. The third kappa shape index (κ3) is 3.26. The second-order valence-corrected chi connectivity index (χ2v) is 5.17. The van der Waals surface area contributed by atoms with Crippen LogP contribution in [0.3, 0.4) is 0 Å². The van der Waals surface area contributed by atoms with E-state index in [4.69, 9.17) is 4.74 Å². The molecule has 4 nitrogen and oxygen atoms in total. The van der Waals surface area contributed by atoms with Gasteiger partial charge in [0, 0.05) is 19.6 Å². The van der Waals surface area contributed by atoms with E-state index in [-0.39, 0.29) is 11.8 Å². The monoisotopic (exact) mass is 262 g/mol. The first-order valence-electron chi connectivity index (χ1n) is 6.74. The van der Waals surface area contributed by atoms with Crippen LogP contribution in [-0.2, 0) is 11.2 Å². The maximum Gasteiger partial charge on any atom is 0.225 e. The van der Waals surface area contributed by atoms with Gasteiger partial charge in [0.05, 0.1) is 13.0 Å². The van der Waals surface area contributed by atoms with Gasteiger partial charge in [-0.05, 0) is 31.4 Å². The van der Waals surface area contributed by atoms with E-state index in [1.165, 1.54) is 5.56 Å². The molecular formula is C15H22N2O2. The zero-order valence-corrected chi connectivity index (χ0v) is 11.9. The van der Waals surface area contributed by atoms with Crippen molar-refractivity contribution in [1.29, 1.82) is 0 Å². The summed E-state index contributed by atoms with van der Waals surface area (Å²) >= 11 is 0. The fourth-order valence-electron chi connectivity index (χ4n) is 2.46. The Morgan fingerprint density at radius 1 is 1.42 bits per heavy atom. The van der Waals surface area contributed by atoms with E-state index in [1.807, 2.05) is 6.92 Å². The standard InChI is InChI=1S/C15H22N2O2/c1-10-6-11(2)14(19-3)12(7-10)4-5-17-15(18)13-8-16-9-13/h6-7,13,16H,4-5,8-9H2,1-3H3,(H,17,18). The van der Waals surface area contributed by atoms with E-state index in [0.29, 0.717) is 6.54 Å². The van der Waals surface area contributed by atoms with Gasteiger partial charge in [-0.15, -0.1) is 0 Å². The number of hydrogen-bond donors (Lipinski definition) is 2. The van der Waals surface area contributed by atoms with E-state index in [9.17, 15) is 4.79 Å². The van der Waals surface area contributed by atoms with Crippen molar-refractivity contribution in [3.05, 3.63) is 28.8 Å². The van der Waals surface area contributed by atoms with Gasteiger partial charge in [0.2, 0.25) is 5.91 Å². The van der Waals surface area contributed by atoms with Gasteiger partial charge in [0.25, 0.3) is 0 Å². The number of nitrogens with one attached hydrogen (secondary N) is 2. The van der Waals surface area contributed by atoms with Crippen LogP contribution in [0, 0.1) is 19.8 Å². The molecule has 4 heteroatoms. The van der Waals surface area contributed by atoms with Crippen molar-refractivity contribution in [3.63, 3.8) is 0 Å². The molecule has 2 N–H and O–H groups in total. The molecule has 0 atom stereocenters. The van der Waals surface area contributed by atoms with Crippen LogP contribution in [-0.4, -0.2) is 32.7 Å². The van der Waals surface area contributed by atoms with Crippen LogP contribution in [0.15, 0.2) is 12.1 Å². The Morgan fingerprint density at radius 2 is 2.16 bits per heavy atom. The molecule has 0 radical (unpaired) electrons. The Hall–Kier alpha value is -1.55. The minimum atomic E-state index is 0.154. The topological polar surface area (TPSA) is 50.4 Å². The van der Waals surface area contributed by atoms with Crippen LogP contribution in [0.2, 0.25) is 0 Å². The lowest BCUT2D eigenvalue weighted by molar-refractivity contribution is -0.126. The third-order valence-electron chi connectivity index (χ3n) is 3.55. The molecule has 0 saturated carbocycles. The van der Waals surface area contributed by atoms with Crippen LogP contribution in [0.1, 0.15) is 16.7 Å². The molecule has 0 bridgehead atoms. The average molecular weight is 262 g/mol. The zero-order valence-electron chi connectivity index (χ0n) is 11.9. The smallest absolute Gasteiger partial charge is 0.225 e. The van der Waals surface area contributed by atoms with Crippen LogP contribution < -0.4 is 15.4 Å². The molecule has 1 heterocycles. The first-order chi connectivity index (χ1) is 9.11. The highest BCUT2D eigenvalue weighted by Gasteiger charge is 2.24. The van der Waals surface area contributed by atoms with Gasteiger partial charge in [0.1, 0.15) is 5.75 Å². The molecule has 1 aromatic carbocycles. The Balaban J connectivity index is 1.93. The number of benzene rings is 1. The lowest BCUT2D eigenvalue weighted by Gasteiger charge is -2.25. The molecule has 104 valence electrons. The van der Waals surface area contributed by atoms with Crippen molar-refractivity contribution in [2.24, 2.45) is 5.92 Å². The van der Waals surface area contributed by atoms with Gasteiger partial charge >= 0.3 is 0 Å². The van der Waals surface area contributed by atoms with Crippen molar-refractivity contribution in [2.75, 3.05) is 26.7 Å². The van der Waals surface area contributed by atoms with Gasteiger partial charge in [-0.1, -0.05) is 17.7 Å². The van der Waals surface area contributed by atoms with Gasteiger partial charge in [-0.25, -0.2) is 0 Å². The number of amides is 1. The average Bonchev–Trinajstić information content (AvgIpc) is 2.26. The maximum absolute atomic E-state index is 11.7. The quantitative estimate of drug-likeness (QED) is 0.838. The van der Waals surface area contributed by atoms with Crippen molar-refractivity contribution < 1.29 is 9.53 Å². The fraction of sp³-hybridized carbons (Fsp3) is 0.533. The number of aryl methyl sites for hydroxylation is 2. The van der Waals surface area contributed by atoms with E-state index in [0.717, 1.165) is 36.4 Å². The van der Waals surface area contributed by atoms with E-state index in [2.05, 4.69) is 29.7 Å². The van der Waals surface area contributed by atoms with E-state index >= 15 is 0 Å². The first-order valence-corrected chi connectivity index (χ1v) is 6.74. The number of hydrogen-bond acceptors (Lipinski definition) is 3. The number of methoxy groups -OCH3 is 1. The molecule has 1 aliphatic rings. The molecule has 2 rings (SSSR count). The summed E-state index contributed by atoms with van der Waals surface area (Å²) in [5, 5.41) is 6.09. The number of rotatable bonds is 5. The molecule has 0 unspecified atom stereocenters. The van der Waals surface area contributed by atoms with Crippen molar-refractivity contribution in [1.82, 2.24) is 10.6 Å². The summed E-state index contributed by atoms with van der Waals surface area (Å²) in [6, 6.07) is 4.24.